The van der Waals surface area contributed by atoms with Crippen molar-refractivity contribution in [3.8, 4) is 0 Å². The highest BCUT2D eigenvalue weighted by atomic mass is 32.2. The molecule has 3 N–H and O–H groups in total. The predicted molar refractivity (Wildman–Crippen MR) is 139 cm³/mol. The number of amides is 2. The van der Waals surface area contributed by atoms with Gasteiger partial charge in [-0.25, -0.2) is 13.2 Å². The third kappa shape index (κ3) is 7.62. The highest BCUT2D eigenvalue weighted by Gasteiger charge is 2.35. The van der Waals surface area contributed by atoms with Gasteiger partial charge in [0, 0.05) is 25.4 Å². The highest BCUT2D eigenvalue weighted by Crippen LogP contribution is 2.21. The molecule has 0 unspecified atom stereocenters. The number of aryl methyl sites for hydroxylation is 1. The number of piperidine rings is 1. The summed E-state index contributed by atoms with van der Waals surface area (Å²) in [5, 5.41) is 12.2. The van der Waals surface area contributed by atoms with Crippen LogP contribution >= 0.6 is 0 Å². The summed E-state index contributed by atoms with van der Waals surface area (Å²) in [7, 11) is -3.89. The lowest BCUT2D eigenvalue weighted by atomic mass is 9.94. The van der Waals surface area contributed by atoms with Gasteiger partial charge >= 0.3 is 5.97 Å². The summed E-state index contributed by atoms with van der Waals surface area (Å²) in [6.07, 6.45) is 0.909. The van der Waals surface area contributed by atoms with Crippen LogP contribution in [0.1, 0.15) is 37.8 Å². The van der Waals surface area contributed by atoms with Gasteiger partial charge in [-0.1, -0.05) is 61.9 Å². The lowest BCUT2D eigenvalue weighted by Crippen LogP contribution is -2.54. The second-order valence-electron chi connectivity index (χ2n) is 9.84. The van der Waals surface area contributed by atoms with Gasteiger partial charge in [0.05, 0.1) is 4.90 Å². The zero-order valence-corrected chi connectivity index (χ0v) is 22.2. The molecule has 2 aromatic carbocycles. The number of carbonyl (C=O) groups excluding carboxylic acids is 2. The van der Waals surface area contributed by atoms with E-state index in [4.69, 9.17) is 0 Å². The predicted octanol–water partition coefficient (Wildman–Crippen LogP) is 2.35. The Morgan fingerprint density at radius 2 is 1.59 bits per heavy atom. The maximum atomic E-state index is 13.3. The molecule has 1 saturated heterocycles. The molecule has 0 saturated carbocycles. The SMILES string of the molecule is Cc1ccc(S(=O)(=O)N[C@H](C(=O)N2CCC(C(=O)N[C@@H](Cc3ccccc3)C(=O)O)CC2)C(C)C)cc1. The molecule has 2 amide bonds. The van der Waals surface area contributed by atoms with Gasteiger partial charge in [-0.15, -0.1) is 0 Å². The smallest absolute Gasteiger partial charge is 0.326 e. The van der Waals surface area contributed by atoms with Crippen LogP contribution in [0.3, 0.4) is 0 Å². The normalized spacial score (nSPS) is 16.3. The Labute approximate surface area is 218 Å². The van der Waals surface area contributed by atoms with Gasteiger partial charge in [0.15, 0.2) is 0 Å². The molecule has 200 valence electrons. The fourth-order valence-electron chi connectivity index (χ4n) is 4.32. The van der Waals surface area contributed by atoms with E-state index < -0.39 is 34.0 Å². The number of hydrogen-bond acceptors (Lipinski definition) is 5. The number of hydrogen-bond donors (Lipinski definition) is 3. The van der Waals surface area contributed by atoms with Gasteiger partial charge in [0.25, 0.3) is 0 Å². The molecule has 10 heteroatoms. The van der Waals surface area contributed by atoms with Gasteiger partial charge in [-0.3, -0.25) is 9.59 Å². The number of nitrogens with one attached hydrogen (secondary N) is 2. The molecule has 0 aliphatic carbocycles. The first kappa shape index (κ1) is 28.3. The molecule has 3 rings (SSSR count). The maximum absolute atomic E-state index is 13.3. The largest absolute Gasteiger partial charge is 0.480 e. The fourth-order valence-corrected chi connectivity index (χ4v) is 5.66. The first-order valence-corrected chi connectivity index (χ1v) is 13.9. The molecular weight excluding hydrogens is 494 g/mol. The molecule has 1 aliphatic rings. The third-order valence-corrected chi connectivity index (χ3v) is 8.08. The topological polar surface area (TPSA) is 133 Å². The van der Waals surface area contributed by atoms with E-state index in [0.717, 1.165) is 11.1 Å². The zero-order valence-electron chi connectivity index (χ0n) is 21.4. The van der Waals surface area contributed by atoms with Crippen LogP contribution in [0, 0.1) is 18.8 Å². The van der Waals surface area contributed by atoms with Crippen molar-refractivity contribution in [2.75, 3.05) is 13.1 Å². The number of aliphatic carboxylic acids is 1. The van der Waals surface area contributed by atoms with Gasteiger partial charge in [0.1, 0.15) is 12.1 Å². The van der Waals surface area contributed by atoms with Crippen LogP contribution in [-0.2, 0) is 30.8 Å². The number of nitrogens with zero attached hydrogens (tertiary/aromatic N) is 1. The third-order valence-electron chi connectivity index (χ3n) is 6.62. The van der Waals surface area contributed by atoms with Crippen LogP contribution < -0.4 is 10.0 Å². The molecule has 37 heavy (non-hydrogen) atoms. The van der Waals surface area contributed by atoms with Crippen molar-refractivity contribution in [1.29, 1.82) is 0 Å². The minimum absolute atomic E-state index is 0.0930. The van der Waals surface area contributed by atoms with E-state index in [1.807, 2.05) is 37.3 Å². The lowest BCUT2D eigenvalue weighted by Gasteiger charge is -2.35. The van der Waals surface area contributed by atoms with E-state index in [1.165, 1.54) is 12.1 Å². The van der Waals surface area contributed by atoms with E-state index >= 15 is 0 Å². The monoisotopic (exact) mass is 529 g/mol. The molecule has 2 aromatic rings. The summed E-state index contributed by atoms with van der Waals surface area (Å²) in [6, 6.07) is 13.5. The summed E-state index contributed by atoms with van der Waals surface area (Å²) in [5.41, 5.74) is 1.74. The van der Waals surface area contributed by atoms with E-state index in [2.05, 4.69) is 10.0 Å². The highest BCUT2D eigenvalue weighted by molar-refractivity contribution is 7.89. The van der Waals surface area contributed by atoms with Crippen LogP contribution in [-0.4, -0.2) is 61.4 Å². The Bertz CT molecular complexity index is 1190. The standard InChI is InChI=1S/C27H35N3O6S/c1-18(2)24(29-37(35,36)22-11-9-19(3)10-12-22)26(32)30-15-13-21(14-16-30)25(31)28-23(27(33)34)17-20-7-5-4-6-8-20/h4-12,18,21,23-24,29H,13-17H2,1-3H3,(H,28,31)(H,33,34)/t23-,24-/m0/s1. The number of benzene rings is 2. The molecule has 0 radical (unpaired) electrons. The number of carbonyl (C=O) groups is 3. The maximum Gasteiger partial charge on any atom is 0.326 e. The summed E-state index contributed by atoms with van der Waals surface area (Å²) in [4.78, 5) is 39.5. The van der Waals surface area contributed by atoms with Gasteiger partial charge in [0.2, 0.25) is 21.8 Å². The summed E-state index contributed by atoms with van der Waals surface area (Å²) in [6.45, 7) is 5.98. The average molecular weight is 530 g/mol. The van der Waals surface area contributed by atoms with Crippen LogP contribution in [0.5, 0.6) is 0 Å². The Morgan fingerprint density at radius 1 is 1.00 bits per heavy atom. The molecule has 1 aliphatic heterocycles. The first-order valence-electron chi connectivity index (χ1n) is 12.4. The van der Waals surface area contributed by atoms with Gasteiger partial charge in [-0.05, 0) is 43.4 Å². The van der Waals surface area contributed by atoms with E-state index in [0.29, 0.717) is 12.8 Å². The van der Waals surface area contributed by atoms with Crippen LogP contribution in [0.15, 0.2) is 59.5 Å². The molecule has 2 atom stereocenters. The summed E-state index contributed by atoms with van der Waals surface area (Å²) < 4.78 is 28.3. The van der Waals surface area contributed by atoms with Crippen molar-refractivity contribution in [2.24, 2.45) is 11.8 Å². The van der Waals surface area contributed by atoms with Crippen molar-refractivity contribution in [1.82, 2.24) is 14.9 Å². The fraction of sp³-hybridized carbons (Fsp3) is 0.444. The molecule has 1 heterocycles. The quantitative estimate of drug-likeness (QED) is 0.433. The molecule has 0 aromatic heterocycles. The first-order chi connectivity index (χ1) is 17.5. The summed E-state index contributed by atoms with van der Waals surface area (Å²) in [5.74, 6) is -2.51. The molecule has 9 nitrogen and oxygen atoms in total. The number of carboxylic acid groups (broad SMARTS) is 1. The van der Waals surface area contributed by atoms with Crippen LogP contribution in [0.2, 0.25) is 0 Å². The number of carboxylic acids is 1. The second kappa shape index (κ2) is 12.3. The number of sulfonamides is 1. The van der Waals surface area contributed by atoms with E-state index in [1.54, 1.807) is 30.9 Å². The zero-order chi connectivity index (χ0) is 27.2. The second-order valence-corrected chi connectivity index (χ2v) is 11.6. The van der Waals surface area contributed by atoms with Gasteiger partial charge < -0.3 is 15.3 Å². The van der Waals surface area contributed by atoms with Crippen LogP contribution in [0.25, 0.3) is 0 Å². The Kier molecular flexibility index (Phi) is 9.45. The number of likely N-dealkylation sites (tertiary alicyclic amines) is 1. The number of rotatable bonds is 10. The van der Waals surface area contributed by atoms with Crippen molar-refractivity contribution in [2.45, 2.75) is 57.0 Å². The van der Waals surface area contributed by atoms with E-state index in [9.17, 15) is 27.9 Å². The molecule has 1 fully saturated rings. The van der Waals surface area contributed by atoms with Crippen molar-refractivity contribution in [3.63, 3.8) is 0 Å². The van der Waals surface area contributed by atoms with Crippen LogP contribution in [0.4, 0.5) is 0 Å². The molecule has 0 spiro atoms. The minimum Gasteiger partial charge on any atom is -0.480 e. The van der Waals surface area contributed by atoms with E-state index in [-0.39, 0.29) is 42.1 Å². The van der Waals surface area contributed by atoms with Gasteiger partial charge in [-0.2, -0.15) is 4.72 Å². The van der Waals surface area contributed by atoms with Crippen molar-refractivity contribution >= 4 is 27.8 Å². The Balaban J connectivity index is 1.59. The van der Waals surface area contributed by atoms with Crippen molar-refractivity contribution in [3.05, 3.63) is 65.7 Å². The average Bonchev–Trinajstić information content (AvgIpc) is 2.87. The summed E-state index contributed by atoms with van der Waals surface area (Å²) >= 11 is 0. The molecule has 0 bridgehead atoms. The van der Waals surface area contributed by atoms with Crippen molar-refractivity contribution < 1.29 is 27.9 Å². The lowest BCUT2D eigenvalue weighted by molar-refractivity contribution is -0.143. The Hall–Kier alpha value is -3.24. The molecular formula is C27H35N3O6S. The minimum atomic E-state index is -3.89. The Morgan fingerprint density at radius 3 is 2.14 bits per heavy atom.